The van der Waals surface area contributed by atoms with Crippen LogP contribution in [-0.2, 0) is 12.8 Å². The largest absolute Gasteiger partial charge is 0.392 e. The molecule has 1 aliphatic carbocycles. The Bertz CT molecular complexity index is 314. The summed E-state index contributed by atoms with van der Waals surface area (Å²) in [5.41, 5.74) is 2.29. The fourth-order valence-corrected chi connectivity index (χ4v) is 2.51. The minimum atomic E-state index is -0.192. The lowest BCUT2D eigenvalue weighted by Crippen LogP contribution is -2.20. The summed E-state index contributed by atoms with van der Waals surface area (Å²) in [5, 5.41) is 10.1. The van der Waals surface area contributed by atoms with Gasteiger partial charge >= 0.3 is 0 Å². The van der Waals surface area contributed by atoms with Gasteiger partial charge in [0.25, 0.3) is 0 Å². The molecule has 0 radical (unpaired) electrons. The maximum Gasteiger partial charge on any atom is 0.0623 e. The molecule has 16 heavy (non-hydrogen) atoms. The molecule has 1 N–H and O–H groups in total. The van der Waals surface area contributed by atoms with E-state index in [1.165, 1.54) is 31.2 Å². The van der Waals surface area contributed by atoms with Gasteiger partial charge in [-0.2, -0.15) is 0 Å². The average Bonchev–Trinajstić information content (AvgIpc) is 2.83. The highest BCUT2D eigenvalue weighted by Gasteiger charge is 2.23. The van der Waals surface area contributed by atoms with E-state index in [4.69, 9.17) is 0 Å². The number of nitrogens with zero attached hydrogens (tertiary/aromatic N) is 1. The topological polar surface area (TPSA) is 33.1 Å². The van der Waals surface area contributed by atoms with Crippen molar-refractivity contribution in [3.05, 3.63) is 29.6 Å². The molecule has 88 valence electrons. The summed E-state index contributed by atoms with van der Waals surface area (Å²) in [5.74, 6) is 0.507. The first-order valence-corrected chi connectivity index (χ1v) is 6.41. The molecule has 0 aromatic carbocycles. The first kappa shape index (κ1) is 11.6. The molecule has 2 rings (SSSR count). The van der Waals surface area contributed by atoms with Crippen LogP contribution in [-0.4, -0.2) is 16.2 Å². The van der Waals surface area contributed by atoms with Gasteiger partial charge in [0.2, 0.25) is 0 Å². The Morgan fingerprint density at radius 2 is 2.12 bits per heavy atom. The second-order valence-electron chi connectivity index (χ2n) is 4.83. The normalized spacial score (nSPS) is 18.9. The number of aryl methyl sites for hydroxylation is 1. The van der Waals surface area contributed by atoms with Crippen LogP contribution < -0.4 is 0 Å². The van der Waals surface area contributed by atoms with Crippen LogP contribution in [0.3, 0.4) is 0 Å². The van der Waals surface area contributed by atoms with Crippen molar-refractivity contribution in [3.63, 3.8) is 0 Å². The molecule has 1 saturated carbocycles. The number of hydrogen-bond acceptors (Lipinski definition) is 2. The quantitative estimate of drug-likeness (QED) is 0.844. The SMILES string of the molecule is CCc1ccc(CC(O)C2CCCC2)nc1. The van der Waals surface area contributed by atoms with Crippen molar-refractivity contribution in [1.29, 1.82) is 0 Å². The number of aliphatic hydroxyl groups is 1. The van der Waals surface area contributed by atoms with Crippen LogP contribution >= 0.6 is 0 Å². The Morgan fingerprint density at radius 1 is 1.38 bits per heavy atom. The molecular formula is C14H21NO. The number of hydrogen-bond donors (Lipinski definition) is 1. The molecule has 0 bridgehead atoms. The van der Waals surface area contributed by atoms with Gasteiger partial charge < -0.3 is 5.11 Å². The number of pyridine rings is 1. The van der Waals surface area contributed by atoms with Gasteiger partial charge in [-0.3, -0.25) is 4.98 Å². The Morgan fingerprint density at radius 3 is 2.69 bits per heavy atom. The van der Waals surface area contributed by atoms with E-state index in [1.54, 1.807) is 0 Å². The molecular weight excluding hydrogens is 198 g/mol. The Kier molecular flexibility index (Phi) is 3.94. The molecule has 1 aliphatic rings. The summed E-state index contributed by atoms with van der Waals surface area (Å²) in [4.78, 5) is 4.40. The van der Waals surface area contributed by atoms with E-state index < -0.39 is 0 Å². The van der Waals surface area contributed by atoms with Crippen LogP contribution in [0.1, 0.15) is 43.9 Å². The van der Waals surface area contributed by atoms with Crippen molar-refractivity contribution in [1.82, 2.24) is 4.98 Å². The highest BCUT2D eigenvalue weighted by atomic mass is 16.3. The summed E-state index contributed by atoms with van der Waals surface area (Å²) in [7, 11) is 0. The molecule has 2 nitrogen and oxygen atoms in total. The number of aromatic nitrogens is 1. The molecule has 0 amide bonds. The van der Waals surface area contributed by atoms with Gasteiger partial charge in [0.1, 0.15) is 0 Å². The summed E-state index contributed by atoms with van der Waals surface area (Å²) >= 11 is 0. The van der Waals surface area contributed by atoms with Gasteiger partial charge in [0, 0.05) is 18.3 Å². The average molecular weight is 219 g/mol. The van der Waals surface area contributed by atoms with E-state index in [1.807, 2.05) is 6.20 Å². The number of rotatable bonds is 4. The van der Waals surface area contributed by atoms with E-state index in [2.05, 4.69) is 24.0 Å². The zero-order valence-corrected chi connectivity index (χ0v) is 10.0. The van der Waals surface area contributed by atoms with Crippen LogP contribution in [0.2, 0.25) is 0 Å². The smallest absolute Gasteiger partial charge is 0.0623 e. The van der Waals surface area contributed by atoms with Crippen LogP contribution in [0.4, 0.5) is 0 Å². The third-order valence-electron chi connectivity index (χ3n) is 3.66. The Labute approximate surface area is 97.7 Å². The third-order valence-corrected chi connectivity index (χ3v) is 3.66. The lowest BCUT2D eigenvalue weighted by Gasteiger charge is -2.17. The van der Waals surface area contributed by atoms with Crippen molar-refractivity contribution in [2.45, 2.75) is 51.6 Å². The summed E-state index contributed by atoms with van der Waals surface area (Å²) in [6.45, 7) is 2.13. The molecule has 1 atom stereocenters. The fourth-order valence-electron chi connectivity index (χ4n) is 2.51. The van der Waals surface area contributed by atoms with Gasteiger partial charge in [-0.15, -0.1) is 0 Å². The highest BCUT2D eigenvalue weighted by molar-refractivity contribution is 5.14. The van der Waals surface area contributed by atoms with Crippen molar-refractivity contribution in [3.8, 4) is 0 Å². The van der Waals surface area contributed by atoms with Crippen molar-refractivity contribution in [2.24, 2.45) is 5.92 Å². The van der Waals surface area contributed by atoms with Crippen LogP contribution in [0.15, 0.2) is 18.3 Å². The van der Waals surface area contributed by atoms with E-state index in [0.29, 0.717) is 12.3 Å². The Balaban J connectivity index is 1.92. The lowest BCUT2D eigenvalue weighted by molar-refractivity contribution is 0.110. The third kappa shape index (κ3) is 2.82. The maximum atomic E-state index is 10.1. The minimum Gasteiger partial charge on any atom is -0.392 e. The molecule has 0 spiro atoms. The van der Waals surface area contributed by atoms with E-state index in [9.17, 15) is 5.11 Å². The van der Waals surface area contributed by atoms with E-state index in [0.717, 1.165) is 12.1 Å². The van der Waals surface area contributed by atoms with Gasteiger partial charge in [0.05, 0.1) is 6.10 Å². The maximum absolute atomic E-state index is 10.1. The minimum absolute atomic E-state index is 0.192. The summed E-state index contributed by atoms with van der Waals surface area (Å²) < 4.78 is 0. The standard InChI is InChI=1S/C14H21NO/c1-2-11-7-8-13(15-10-11)9-14(16)12-5-3-4-6-12/h7-8,10,12,14,16H,2-6,9H2,1H3. The molecule has 0 aliphatic heterocycles. The van der Waals surface area contributed by atoms with E-state index >= 15 is 0 Å². The van der Waals surface area contributed by atoms with Crippen LogP contribution in [0, 0.1) is 5.92 Å². The molecule has 1 unspecified atom stereocenters. The van der Waals surface area contributed by atoms with E-state index in [-0.39, 0.29) is 6.10 Å². The predicted molar refractivity (Wildman–Crippen MR) is 65.3 cm³/mol. The second kappa shape index (κ2) is 5.44. The molecule has 1 fully saturated rings. The van der Waals surface area contributed by atoms with Crippen molar-refractivity contribution >= 4 is 0 Å². The first-order chi connectivity index (χ1) is 7.79. The van der Waals surface area contributed by atoms with Gasteiger partial charge in [-0.1, -0.05) is 25.8 Å². The Hall–Kier alpha value is -0.890. The first-order valence-electron chi connectivity index (χ1n) is 6.41. The van der Waals surface area contributed by atoms with Gasteiger partial charge in [-0.25, -0.2) is 0 Å². The molecule has 1 heterocycles. The van der Waals surface area contributed by atoms with Crippen molar-refractivity contribution in [2.75, 3.05) is 0 Å². The lowest BCUT2D eigenvalue weighted by atomic mass is 9.97. The highest BCUT2D eigenvalue weighted by Crippen LogP contribution is 2.28. The monoisotopic (exact) mass is 219 g/mol. The molecule has 1 aromatic rings. The second-order valence-corrected chi connectivity index (χ2v) is 4.83. The molecule has 1 aromatic heterocycles. The predicted octanol–water partition coefficient (Wildman–Crippen LogP) is 2.74. The fraction of sp³-hybridized carbons (Fsp3) is 0.643. The zero-order chi connectivity index (χ0) is 11.4. The van der Waals surface area contributed by atoms with Crippen LogP contribution in [0.5, 0.6) is 0 Å². The van der Waals surface area contributed by atoms with Crippen LogP contribution in [0.25, 0.3) is 0 Å². The van der Waals surface area contributed by atoms with Gasteiger partial charge in [0.15, 0.2) is 0 Å². The summed E-state index contributed by atoms with van der Waals surface area (Å²) in [6.07, 6.45) is 8.42. The summed E-state index contributed by atoms with van der Waals surface area (Å²) in [6, 6.07) is 4.17. The molecule has 0 saturated heterocycles. The van der Waals surface area contributed by atoms with Gasteiger partial charge in [-0.05, 0) is 36.8 Å². The zero-order valence-electron chi connectivity index (χ0n) is 10.0. The van der Waals surface area contributed by atoms with Crippen molar-refractivity contribution < 1.29 is 5.11 Å². The molecule has 2 heteroatoms. The number of aliphatic hydroxyl groups excluding tert-OH is 1.